The van der Waals surface area contributed by atoms with E-state index in [-0.39, 0.29) is 24.2 Å². The largest absolute Gasteiger partial charge is 0.481 e. The first-order valence-electron chi connectivity index (χ1n) is 8.71. The summed E-state index contributed by atoms with van der Waals surface area (Å²) < 4.78 is 7.14. The Balaban J connectivity index is 1.67. The van der Waals surface area contributed by atoms with Crippen molar-refractivity contribution in [1.29, 1.82) is 0 Å². The van der Waals surface area contributed by atoms with E-state index in [4.69, 9.17) is 4.74 Å². The average molecular weight is 357 g/mol. The van der Waals surface area contributed by atoms with Crippen LogP contribution in [0.5, 0.6) is 0 Å². The van der Waals surface area contributed by atoms with E-state index in [9.17, 15) is 14.7 Å². The van der Waals surface area contributed by atoms with Crippen molar-refractivity contribution in [2.75, 3.05) is 19.8 Å². The minimum atomic E-state index is -1.21. The van der Waals surface area contributed by atoms with Gasteiger partial charge in [0, 0.05) is 26.0 Å². The van der Waals surface area contributed by atoms with Crippen molar-refractivity contribution >= 4 is 11.9 Å². The number of aliphatic carboxylic acids is 1. The van der Waals surface area contributed by atoms with Crippen molar-refractivity contribution in [3.05, 3.63) is 53.9 Å². The summed E-state index contributed by atoms with van der Waals surface area (Å²) in [6, 6.07) is 10.8. The van der Waals surface area contributed by atoms with E-state index >= 15 is 0 Å². The zero-order valence-electron chi connectivity index (χ0n) is 14.7. The standard InChI is InChI=1S/C19H23N3O4/c1-19(18(24)25,14-5-3-2-4-6-14)13-20-17(23)16-7-10-22(21-16)15-8-11-26-12-9-15/h2-7,10,15H,8-9,11-13H2,1H3,(H,20,23)(H,24,25). The first-order chi connectivity index (χ1) is 12.5. The zero-order valence-corrected chi connectivity index (χ0v) is 14.7. The topological polar surface area (TPSA) is 93.5 Å². The van der Waals surface area contributed by atoms with Crippen LogP contribution in [0.3, 0.4) is 0 Å². The molecule has 2 aromatic rings. The molecule has 1 aromatic heterocycles. The van der Waals surface area contributed by atoms with Crippen molar-refractivity contribution in [2.24, 2.45) is 0 Å². The average Bonchev–Trinajstić information content (AvgIpc) is 3.17. The number of nitrogens with zero attached hydrogens (tertiary/aromatic N) is 2. The number of carboxylic acids is 1. The molecule has 1 aromatic carbocycles. The van der Waals surface area contributed by atoms with Gasteiger partial charge in [0.2, 0.25) is 0 Å². The summed E-state index contributed by atoms with van der Waals surface area (Å²) in [7, 11) is 0. The van der Waals surface area contributed by atoms with Gasteiger partial charge < -0.3 is 15.2 Å². The number of ether oxygens (including phenoxy) is 1. The van der Waals surface area contributed by atoms with Crippen LogP contribution in [0.15, 0.2) is 42.6 Å². The van der Waals surface area contributed by atoms with Crippen LogP contribution in [-0.4, -0.2) is 46.5 Å². The molecule has 7 heteroatoms. The van der Waals surface area contributed by atoms with Gasteiger partial charge in [0.1, 0.15) is 11.1 Å². The highest BCUT2D eigenvalue weighted by Gasteiger charge is 2.35. The molecular weight excluding hydrogens is 334 g/mol. The van der Waals surface area contributed by atoms with Gasteiger partial charge in [-0.2, -0.15) is 5.10 Å². The second kappa shape index (κ2) is 7.70. The molecule has 2 heterocycles. The SMILES string of the molecule is CC(CNC(=O)c1ccn(C2CCOCC2)n1)(C(=O)O)c1ccccc1. The Hall–Kier alpha value is -2.67. The Labute approximate surface area is 152 Å². The maximum atomic E-state index is 12.4. The molecule has 138 valence electrons. The lowest BCUT2D eigenvalue weighted by Crippen LogP contribution is -2.44. The highest BCUT2D eigenvalue weighted by Crippen LogP contribution is 2.24. The zero-order chi connectivity index (χ0) is 18.6. The number of carbonyl (C=O) groups excluding carboxylic acids is 1. The summed E-state index contributed by atoms with van der Waals surface area (Å²) in [4.78, 5) is 24.2. The van der Waals surface area contributed by atoms with E-state index in [1.807, 2.05) is 6.07 Å². The molecule has 1 aliphatic heterocycles. The fourth-order valence-corrected chi connectivity index (χ4v) is 3.07. The number of benzene rings is 1. The lowest BCUT2D eigenvalue weighted by molar-refractivity contribution is -0.142. The molecule has 0 bridgehead atoms. The van der Waals surface area contributed by atoms with Crippen molar-refractivity contribution in [3.8, 4) is 0 Å². The Morgan fingerprint density at radius 2 is 1.96 bits per heavy atom. The van der Waals surface area contributed by atoms with Crippen molar-refractivity contribution in [2.45, 2.75) is 31.2 Å². The molecule has 1 unspecified atom stereocenters. The Kier molecular flexibility index (Phi) is 5.37. The third-order valence-electron chi connectivity index (χ3n) is 4.89. The smallest absolute Gasteiger partial charge is 0.315 e. The Morgan fingerprint density at radius 1 is 1.27 bits per heavy atom. The molecule has 1 aliphatic rings. The number of carboxylic acid groups (broad SMARTS) is 1. The number of rotatable bonds is 6. The maximum Gasteiger partial charge on any atom is 0.315 e. The van der Waals surface area contributed by atoms with Crippen LogP contribution < -0.4 is 5.32 Å². The number of hydrogen-bond donors (Lipinski definition) is 2. The summed E-state index contributed by atoms with van der Waals surface area (Å²) >= 11 is 0. The highest BCUT2D eigenvalue weighted by atomic mass is 16.5. The van der Waals surface area contributed by atoms with E-state index in [0.29, 0.717) is 18.8 Å². The predicted molar refractivity (Wildman–Crippen MR) is 95.1 cm³/mol. The van der Waals surface area contributed by atoms with Crippen LogP contribution in [0, 0.1) is 0 Å². The summed E-state index contributed by atoms with van der Waals surface area (Å²) in [5, 5.41) is 16.7. The van der Waals surface area contributed by atoms with Gasteiger partial charge in [0.15, 0.2) is 0 Å². The highest BCUT2D eigenvalue weighted by molar-refractivity contribution is 5.93. The Bertz CT molecular complexity index is 768. The van der Waals surface area contributed by atoms with Crippen LogP contribution in [0.2, 0.25) is 0 Å². The van der Waals surface area contributed by atoms with E-state index in [0.717, 1.165) is 12.8 Å². The van der Waals surface area contributed by atoms with Gasteiger partial charge in [-0.25, -0.2) is 0 Å². The molecule has 7 nitrogen and oxygen atoms in total. The lowest BCUT2D eigenvalue weighted by Gasteiger charge is -2.25. The molecule has 0 radical (unpaired) electrons. The van der Waals surface area contributed by atoms with Gasteiger partial charge in [-0.15, -0.1) is 0 Å². The van der Waals surface area contributed by atoms with E-state index in [1.165, 1.54) is 0 Å². The molecule has 0 spiro atoms. The maximum absolute atomic E-state index is 12.4. The molecule has 1 atom stereocenters. The van der Waals surface area contributed by atoms with Crippen molar-refractivity contribution in [3.63, 3.8) is 0 Å². The van der Waals surface area contributed by atoms with Crippen LogP contribution in [0.4, 0.5) is 0 Å². The summed E-state index contributed by atoms with van der Waals surface area (Å²) in [5.41, 5.74) is -0.280. The second-order valence-electron chi connectivity index (χ2n) is 6.71. The minimum absolute atomic E-state index is 0.0185. The van der Waals surface area contributed by atoms with E-state index < -0.39 is 11.4 Å². The molecular formula is C19H23N3O4. The first kappa shape index (κ1) is 18.1. The minimum Gasteiger partial charge on any atom is -0.481 e. The summed E-state index contributed by atoms with van der Waals surface area (Å²) in [6.07, 6.45) is 3.53. The van der Waals surface area contributed by atoms with Gasteiger partial charge >= 0.3 is 5.97 Å². The number of amides is 1. The van der Waals surface area contributed by atoms with Crippen molar-refractivity contribution < 1.29 is 19.4 Å². The molecule has 1 amide bonds. The third-order valence-corrected chi connectivity index (χ3v) is 4.89. The number of hydrogen-bond acceptors (Lipinski definition) is 4. The van der Waals surface area contributed by atoms with Gasteiger partial charge in [-0.3, -0.25) is 14.3 Å². The summed E-state index contributed by atoms with van der Waals surface area (Å²) in [6.45, 7) is 2.97. The number of aromatic nitrogens is 2. The Morgan fingerprint density at radius 3 is 2.62 bits per heavy atom. The molecule has 3 rings (SSSR count). The van der Waals surface area contributed by atoms with Crippen LogP contribution in [0.25, 0.3) is 0 Å². The fraction of sp³-hybridized carbons (Fsp3) is 0.421. The third kappa shape index (κ3) is 3.77. The molecule has 26 heavy (non-hydrogen) atoms. The first-order valence-corrected chi connectivity index (χ1v) is 8.71. The van der Waals surface area contributed by atoms with E-state index in [2.05, 4.69) is 10.4 Å². The van der Waals surface area contributed by atoms with Gasteiger partial charge in [0.25, 0.3) is 5.91 Å². The molecule has 2 N–H and O–H groups in total. The monoisotopic (exact) mass is 357 g/mol. The van der Waals surface area contributed by atoms with Crippen LogP contribution >= 0.6 is 0 Å². The van der Waals surface area contributed by atoms with E-state index in [1.54, 1.807) is 48.1 Å². The van der Waals surface area contributed by atoms with Crippen LogP contribution in [0.1, 0.15) is 41.9 Å². The summed E-state index contributed by atoms with van der Waals surface area (Å²) in [5.74, 6) is -1.36. The van der Waals surface area contributed by atoms with Gasteiger partial charge in [-0.1, -0.05) is 30.3 Å². The van der Waals surface area contributed by atoms with Crippen LogP contribution in [-0.2, 0) is 14.9 Å². The number of carbonyl (C=O) groups is 2. The fourth-order valence-electron chi connectivity index (χ4n) is 3.07. The second-order valence-corrected chi connectivity index (χ2v) is 6.71. The number of nitrogens with one attached hydrogen (secondary N) is 1. The lowest BCUT2D eigenvalue weighted by atomic mass is 9.82. The predicted octanol–water partition coefficient (Wildman–Crippen LogP) is 2.01. The normalized spacial score (nSPS) is 17.4. The molecule has 0 saturated carbocycles. The quantitative estimate of drug-likeness (QED) is 0.825. The molecule has 1 saturated heterocycles. The molecule has 1 fully saturated rings. The van der Waals surface area contributed by atoms with Gasteiger partial charge in [0.05, 0.1) is 6.04 Å². The van der Waals surface area contributed by atoms with Gasteiger partial charge in [-0.05, 0) is 31.4 Å². The molecule has 0 aliphatic carbocycles. The van der Waals surface area contributed by atoms with Crippen molar-refractivity contribution in [1.82, 2.24) is 15.1 Å².